The molecule has 2 atom stereocenters. The summed E-state index contributed by atoms with van der Waals surface area (Å²) < 4.78 is 48.2. The third-order valence-corrected chi connectivity index (χ3v) is 15.9. The number of benzene rings is 2. The first kappa shape index (κ1) is 73.4. The SMILES string of the molecule is CC1(C)OB(c2cnn(C3CCCCO3)c2)OC1(C)C.COCOc1ccccc1-c1cc(-c2cn[nH]c2)c(N)nn1.COCOc1ccccc1B(O)O.Nc1nnc(Cl)cc1-c1cn[nH]c1.Nc1nnc(Cl)cc1-c1cnn(C2CCCCO2)c1.Nc1nnc(Cl)cc1Br. The van der Waals surface area contributed by atoms with Crippen LogP contribution in [0.1, 0.15) is 78.7 Å². The van der Waals surface area contributed by atoms with Crippen LogP contribution in [0, 0.1) is 0 Å². The Labute approximate surface area is 576 Å². The van der Waals surface area contributed by atoms with Gasteiger partial charge in [-0.15, -0.1) is 40.8 Å². The van der Waals surface area contributed by atoms with Gasteiger partial charge < -0.3 is 70.7 Å². The second kappa shape index (κ2) is 35.5. The summed E-state index contributed by atoms with van der Waals surface area (Å²) in [4.78, 5) is 0. The molecular formula is C60H72B2BrCl3N20O10. The topological polar surface area (TPSA) is 414 Å². The molecule has 2 unspecified atom stereocenters. The lowest BCUT2D eigenvalue weighted by Crippen LogP contribution is -2.41. The number of rotatable bonds is 14. The number of hydrogen-bond donors (Lipinski definition) is 8. The van der Waals surface area contributed by atoms with E-state index in [1.54, 1.807) is 80.6 Å². The van der Waals surface area contributed by atoms with Gasteiger partial charge in [0.1, 0.15) is 24.0 Å². The maximum atomic E-state index is 8.94. The van der Waals surface area contributed by atoms with E-state index in [1.807, 2.05) is 58.3 Å². The van der Waals surface area contributed by atoms with Crippen LogP contribution in [-0.2, 0) is 28.3 Å². The van der Waals surface area contributed by atoms with Gasteiger partial charge in [0.05, 0.1) is 40.0 Å². The van der Waals surface area contributed by atoms with Crippen molar-refractivity contribution in [2.75, 3.05) is 64.0 Å². The van der Waals surface area contributed by atoms with Crippen LogP contribution in [0.4, 0.5) is 23.3 Å². The number of anilines is 4. The van der Waals surface area contributed by atoms with E-state index >= 15 is 0 Å². The summed E-state index contributed by atoms with van der Waals surface area (Å²) in [5, 5.41) is 70.8. The fraction of sp³-hybridized carbons (Fsp3) is 0.333. The van der Waals surface area contributed by atoms with E-state index in [9.17, 15) is 0 Å². The Bertz CT molecular complexity index is 4010. The van der Waals surface area contributed by atoms with Gasteiger partial charge in [0.2, 0.25) is 0 Å². The number of nitrogen functional groups attached to an aromatic ring is 4. The van der Waals surface area contributed by atoms with E-state index in [-0.39, 0.29) is 44.4 Å². The van der Waals surface area contributed by atoms with Crippen LogP contribution in [0.2, 0.25) is 15.5 Å². The third kappa shape index (κ3) is 20.5. The molecule has 96 heavy (non-hydrogen) atoms. The highest BCUT2D eigenvalue weighted by Gasteiger charge is 2.52. The first-order valence-electron chi connectivity index (χ1n) is 29.7. The number of nitrogens with one attached hydrogen (secondary N) is 2. The Morgan fingerprint density at radius 2 is 1.06 bits per heavy atom. The number of aromatic nitrogens is 16. The first-order valence-corrected chi connectivity index (χ1v) is 31.7. The summed E-state index contributed by atoms with van der Waals surface area (Å²) in [6.45, 7) is 10.1. The van der Waals surface area contributed by atoms with Crippen LogP contribution in [-0.4, -0.2) is 157 Å². The minimum atomic E-state index is -1.52. The van der Waals surface area contributed by atoms with Crippen LogP contribution in [0.3, 0.4) is 0 Å². The number of H-pyrrole nitrogens is 2. The Morgan fingerprint density at radius 3 is 1.57 bits per heavy atom. The molecule has 0 saturated carbocycles. The summed E-state index contributed by atoms with van der Waals surface area (Å²) >= 11 is 20.1. The number of nitrogens with two attached hydrogens (primary N) is 4. The first-order chi connectivity index (χ1) is 46.1. The lowest BCUT2D eigenvalue weighted by atomic mass is 9.80. The molecule has 3 saturated heterocycles. The van der Waals surface area contributed by atoms with Crippen molar-refractivity contribution in [2.24, 2.45) is 0 Å². The average molecular weight is 1440 g/mol. The molecule has 13 rings (SSSR count). The largest absolute Gasteiger partial charge is 0.498 e. The Hall–Kier alpha value is -8.44. The van der Waals surface area contributed by atoms with Crippen LogP contribution >= 0.6 is 50.7 Å². The van der Waals surface area contributed by atoms with Crippen LogP contribution in [0.25, 0.3) is 44.6 Å². The molecule has 0 amide bonds. The highest BCUT2D eigenvalue weighted by Crippen LogP contribution is 2.37. The fourth-order valence-corrected chi connectivity index (χ4v) is 9.99. The monoisotopic (exact) mass is 1440 g/mol. The maximum Gasteiger partial charge on any atom is 0.498 e. The molecule has 8 aromatic heterocycles. The number of ether oxygens (including phenoxy) is 6. The van der Waals surface area contributed by atoms with Gasteiger partial charge in [-0.05, 0) is 125 Å². The van der Waals surface area contributed by atoms with Crippen molar-refractivity contribution in [1.29, 1.82) is 0 Å². The van der Waals surface area contributed by atoms with Crippen molar-refractivity contribution >= 4 is 99.2 Å². The van der Waals surface area contributed by atoms with Crippen molar-refractivity contribution in [3.05, 3.63) is 142 Å². The zero-order valence-corrected chi connectivity index (χ0v) is 57.0. The molecule has 506 valence electrons. The molecule has 3 fully saturated rings. The summed E-state index contributed by atoms with van der Waals surface area (Å²) in [7, 11) is 1.20. The number of hydrogen-bond acceptors (Lipinski definition) is 26. The summed E-state index contributed by atoms with van der Waals surface area (Å²) in [6.07, 6.45) is 20.9. The number of methoxy groups -OCH3 is 2. The van der Waals surface area contributed by atoms with E-state index in [4.69, 9.17) is 106 Å². The number of halogens is 4. The summed E-state index contributed by atoms with van der Waals surface area (Å²) in [5.74, 6) is 2.46. The Morgan fingerprint density at radius 1 is 0.583 bits per heavy atom. The average Bonchev–Trinajstić information content (AvgIpc) is 1.61. The minimum absolute atomic E-state index is 0.00833. The van der Waals surface area contributed by atoms with Crippen molar-refractivity contribution < 1.29 is 47.8 Å². The molecule has 12 N–H and O–H groups in total. The summed E-state index contributed by atoms with van der Waals surface area (Å²) in [5.41, 5.74) is 29.6. The quantitative estimate of drug-likeness (QED) is 0.0375. The van der Waals surface area contributed by atoms with Gasteiger partial charge in [0.15, 0.2) is 52.3 Å². The molecule has 2 aromatic carbocycles. The van der Waals surface area contributed by atoms with Crippen LogP contribution in [0.15, 0.2) is 127 Å². The predicted molar refractivity (Wildman–Crippen MR) is 367 cm³/mol. The van der Waals surface area contributed by atoms with E-state index in [2.05, 4.69) is 115 Å². The zero-order chi connectivity index (χ0) is 68.8. The van der Waals surface area contributed by atoms with Gasteiger partial charge in [-0.3, -0.25) is 10.2 Å². The highest BCUT2D eigenvalue weighted by molar-refractivity contribution is 9.10. The highest BCUT2D eigenvalue weighted by atomic mass is 79.9. The number of para-hydroxylation sites is 2. The molecule has 10 aromatic rings. The molecule has 0 spiro atoms. The van der Waals surface area contributed by atoms with E-state index in [0.717, 1.165) is 89.7 Å². The van der Waals surface area contributed by atoms with Crippen molar-refractivity contribution in [3.8, 4) is 56.1 Å². The van der Waals surface area contributed by atoms with Crippen LogP contribution in [0.5, 0.6) is 11.5 Å². The molecule has 0 aliphatic carbocycles. The minimum Gasteiger partial charge on any atom is -0.468 e. The second-order valence-corrected chi connectivity index (χ2v) is 24.1. The number of nitrogens with zero attached hydrogens (tertiary/aromatic N) is 14. The van der Waals surface area contributed by atoms with E-state index in [1.165, 1.54) is 13.5 Å². The zero-order valence-electron chi connectivity index (χ0n) is 53.2. The van der Waals surface area contributed by atoms with Crippen LogP contribution < -0.4 is 43.3 Å². The normalized spacial score (nSPS) is 15.9. The molecule has 11 heterocycles. The second-order valence-electron chi connectivity index (χ2n) is 22.0. The Balaban J connectivity index is 0.000000151. The molecule has 0 radical (unpaired) electrons. The predicted octanol–water partition coefficient (Wildman–Crippen LogP) is 8.18. The third-order valence-electron chi connectivity index (χ3n) is 14.8. The van der Waals surface area contributed by atoms with Gasteiger partial charge in [-0.2, -0.15) is 20.4 Å². The maximum absolute atomic E-state index is 8.94. The van der Waals surface area contributed by atoms with E-state index in [0.29, 0.717) is 65.9 Å². The summed E-state index contributed by atoms with van der Waals surface area (Å²) in [6, 6.07) is 21.0. The Kier molecular flexibility index (Phi) is 27.1. The van der Waals surface area contributed by atoms with Gasteiger partial charge in [0.25, 0.3) is 0 Å². The van der Waals surface area contributed by atoms with E-state index < -0.39 is 7.12 Å². The smallest absolute Gasteiger partial charge is 0.468 e. The fourth-order valence-electron chi connectivity index (χ4n) is 9.12. The van der Waals surface area contributed by atoms with Gasteiger partial charge >= 0.3 is 14.2 Å². The number of aromatic amines is 2. The molecule has 3 aliphatic rings. The van der Waals surface area contributed by atoms with Gasteiger partial charge in [-0.25, -0.2) is 9.36 Å². The van der Waals surface area contributed by atoms with Gasteiger partial charge in [0, 0.05) is 108 Å². The lowest BCUT2D eigenvalue weighted by Gasteiger charge is -2.32. The standard InChI is InChI=1S/C15H15N5O2.C14H23BN2O3.C12H14ClN5O.C8H11BO4.C7H6ClN5.C4H3BrClN3/c1-21-9-22-14-5-3-2-4-11(14)13-6-12(15(16)20-19-13)10-7-17-18-8-10;1-13(2)14(3,4)20-15(19-13)11-9-16-17(10-11)12-7-5-6-8-18-12;13-10-5-9(12(14)17-16-10)8-6-15-18(7-8)11-3-1-2-4-19-11;1-12-6-13-8-5-3-2-4-7(8)9(10)11;8-6-1-5(7(9)13-12-6)4-2-10-11-3-4;5-2-1-3(6)8-9-4(2)7/h2-8H,9H2,1H3,(H2,16,20)(H,17,18);9-10,12H,5-8H2,1-4H3;5-7,11H,1-4H2,(H2,14,17);2-5,10-11H,6H2,1H3;1-3H,(H2,9,13)(H,10,11);1H,(H2,7,9). The van der Waals surface area contributed by atoms with Crippen molar-refractivity contribution in [3.63, 3.8) is 0 Å². The van der Waals surface area contributed by atoms with Crippen molar-refractivity contribution in [1.82, 2.24) is 80.7 Å². The van der Waals surface area contributed by atoms with Crippen molar-refractivity contribution in [2.45, 2.75) is 89.9 Å². The van der Waals surface area contributed by atoms with Gasteiger partial charge in [-0.1, -0.05) is 65.1 Å². The molecule has 0 bridgehead atoms. The molecule has 36 heteroatoms. The molecule has 3 aliphatic heterocycles. The molecular weight excluding hydrogens is 1370 g/mol. The molecule has 30 nitrogen and oxygen atoms in total. The lowest BCUT2D eigenvalue weighted by molar-refractivity contribution is -0.0395.